The summed E-state index contributed by atoms with van der Waals surface area (Å²) in [6, 6.07) is 7.38. The van der Waals surface area contributed by atoms with E-state index >= 15 is 0 Å². The number of Topliss-reactive ketones (excluding diaryl/α,β-unsaturated/α-hetero) is 1. The van der Waals surface area contributed by atoms with Crippen LogP contribution in [0.15, 0.2) is 24.3 Å². The van der Waals surface area contributed by atoms with Crippen molar-refractivity contribution < 1.29 is 14.4 Å². The largest absolute Gasteiger partial charge is 0.369 e. The summed E-state index contributed by atoms with van der Waals surface area (Å²) in [5.74, 6) is 0.434. The molecule has 3 rings (SSSR count). The summed E-state index contributed by atoms with van der Waals surface area (Å²) in [5.41, 5.74) is 1.01. The van der Waals surface area contributed by atoms with Gasteiger partial charge in [-0.3, -0.25) is 14.5 Å². The van der Waals surface area contributed by atoms with Crippen LogP contribution in [0.2, 0.25) is 0 Å². The molecule has 0 aromatic heterocycles. The Hall–Kier alpha value is -2.41. The number of ketones is 1. The van der Waals surface area contributed by atoms with Crippen LogP contribution in [-0.2, 0) is 4.79 Å². The number of piperazine rings is 1. The molecule has 0 bridgehead atoms. The summed E-state index contributed by atoms with van der Waals surface area (Å²) >= 11 is 0. The molecule has 1 aromatic carbocycles. The number of rotatable bonds is 7. The van der Waals surface area contributed by atoms with Gasteiger partial charge in [-0.15, -0.1) is 0 Å². The maximum absolute atomic E-state index is 12.9. The minimum Gasteiger partial charge on any atom is -0.369 e. The van der Waals surface area contributed by atoms with Crippen molar-refractivity contribution in [1.82, 2.24) is 15.1 Å². The highest BCUT2D eigenvalue weighted by Gasteiger charge is 2.47. The molecule has 1 aromatic rings. The van der Waals surface area contributed by atoms with E-state index in [1.807, 2.05) is 31.2 Å². The second kappa shape index (κ2) is 8.53. The molecule has 158 valence electrons. The number of benzene rings is 1. The second-order valence-corrected chi connectivity index (χ2v) is 8.78. The number of urea groups is 1. The Morgan fingerprint density at radius 3 is 2.28 bits per heavy atom. The second-order valence-electron chi connectivity index (χ2n) is 8.78. The molecule has 0 spiro atoms. The molecule has 7 nitrogen and oxygen atoms in total. The Morgan fingerprint density at radius 1 is 1.10 bits per heavy atom. The number of imide groups is 1. The Labute approximate surface area is 173 Å². The first-order valence-electron chi connectivity index (χ1n) is 10.4. The molecule has 7 heteroatoms. The predicted molar refractivity (Wildman–Crippen MR) is 113 cm³/mol. The van der Waals surface area contributed by atoms with Crippen LogP contribution >= 0.6 is 0 Å². The van der Waals surface area contributed by atoms with Gasteiger partial charge in [-0.05, 0) is 56.9 Å². The molecule has 1 atom stereocenters. The van der Waals surface area contributed by atoms with Crippen LogP contribution in [0.1, 0.15) is 50.9 Å². The number of hydrogen-bond donors (Lipinski definition) is 1. The first-order valence-corrected chi connectivity index (χ1v) is 10.4. The zero-order valence-corrected chi connectivity index (χ0v) is 17.9. The fourth-order valence-electron chi connectivity index (χ4n) is 3.88. The Kier molecular flexibility index (Phi) is 6.27. The van der Waals surface area contributed by atoms with Gasteiger partial charge in [0.05, 0.1) is 6.67 Å². The molecule has 2 fully saturated rings. The van der Waals surface area contributed by atoms with Crippen molar-refractivity contribution in [2.24, 2.45) is 5.92 Å². The molecule has 0 unspecified atom stereocenters. The van der Waals surface area contributed by atoms with Crippen molar-refractivity contribution in [3.05, 3.63) is 29.8 Å². The molecular formula is C22H32N4O3. The van der Waals surface area contributed by atoms with Crippen molar-refractivity contribution in [2.75, 3.05) is 37.7 Å². The first-order chi connectivity index (χ1) is 13.7. The highest BCUT2D eigenvalue weighted by atomic mass is 16.2. The monoisotopic (exact) mass is 400 g/mol. The molecule has 0 saturated carbocycles. The molecular weight excluding hydrogens is 368 g/mol. The molecule has 2 aliphatic heterocycles. The van der Waals surface area contributed by atoms with Crippen LogP contribution < -0.4 is 10.2 Å². The maximum Gasteiger partial charge on any atom is 0.326 e. The Morgan fingerprint density at radius 2 is 1.72 bits per heavy atom. The fraction of sp³-hybridized carbons (Fsp3) is 0.591. The van der Waals surface area contributed by atoms with Gasteiger partial charge in [-0.1, -0.05) is 13.8 Å². The predicted octanol–water partition coefficient (Wildman–Crippen LogP) is 2.72. The van der Waals surface area contributed by atoms with Gasteiger partial charge >= 0.3 is 6.03 Å². The number of carbonyl (C=O) groups excluding carboxylic acids is 3. The summed E-state index contributed by atoms with van der Waals surface area (Å²) in [5, 5.41) is 2.90. The van der Waals surface area contributed by atoms with E-state index in [1.165, 1.54) is 4.90 Å². The van der Waals surface area contributed by atoms with Gasteiger partial charge in [0, 0.05) is 37.4 Å². The average molecular weight is 401 g/mol. The van der Waals surface area contributed by atoms with E-state index in [0.29, 0.717) is 24.6 Å². The van der Waals surface area contributed by atoms with E-state index in [9.17, 15) is 14.4 Å². The van der Waals surface area contributed by atoms with Crippen molar-refractivity contribution in [1.29, 1.82) is 0 Å². The van der Waals surface area contributed by atoms with E-state index < -0.39 is 5.54 Å². The van der Waals surface area contributed by atoms with E-state index in [1.54, 1.807) is 6.92 Å². The quantitative estimate of drug-likeness (QED) is 0.563. The molecule has 29 heavy (non-hydrogen) atoms. The Balaban J connectivity index is 1.54. The number of hydrogen-bond acceptors (Lipinski definition) is 5. The maximum atomic E-state index is 12.9. The molecule has 2 aliphatic rings. The van der Waals surface area contributed by atoms with Gasteiger partial charge in [-0.25, -0.2) is 9.69 Å². The lowest BCUT2D eigenvalue weighted by Crippen LogP contribution is -2.52. The van der Waals surface area contributed by atoms with Gasteiger partial charge in [0.15, 0.2) is 5.78 Å². The fourth-order valence-corrected chi connectivity index (χ4v) is 3.88. The van der Waals surface area contributed by atoms with E-state index in [2.05, 4.69) is 29.0 Å². The molecule has 2 heterocycles. The third-order valence-corrected chi connectivity index (χ3v) is 5.92. The van der Waals surface area contributed by atoms with E-state index in [0.717, 1.165) is 38.3 Å². The highest BCUT2D eigenvalue weighted by Crippen LogP contribution is 2.25. The van der Waals surface area contributed by atoms with Crippen molar-refractivity contribution >= 4 is 23.4 Å². The summed E-state index contributed by atoms with van der Waals surface area (Å²) < 4.78 is 0. The molecule has 3 amide bonds. The lowest BCUT2D eigenvalue weighted by Gasteiger charge is -2.37. The Bertz CT molecular complexity index is 769. The van der Waals surface area contributed by atoms with Crippen molar-refractivity contribution in [2.45, 2.75) is 46.1 Å². The van der Waals surface area contributed by atoms with Crippen LogP contribution in [-0.4, -0.2) is 65.9 Å². The lowest BCUT2D eigenvalue weighted by atomic mass is 9.92. The van der Waals surface area contributed by atoms with Crippen LogP contribution in [0.25, 0.3) is 0 Å². The number of nitrogens with zero attached hydrogens (tertiary/aromatic N) is 3. The molecule has 0 aliphatic carbocycles. The van der Waals surface area contributed by atoms with Crippen molar-refractivity contribution in [3.8, 4) is 0 Å². The first kappa shape index (κ1) is 21.3. The van der Waals surface area contributed by atoms with Gasteiger partial charge in [-0.2, -0.15) is 0 Å². The zero-order valence-electron chi connectivity index (χ0n) is 17.9. The molecule has 1 N–H and O–H groups in total. The normalized spacial score (nSPS) is 23.1. The van der Waals surface area contributed by atoms with Crippen LogP contribution in [0.5, 0.6) is 0 Å². The topological polar surface area (TPSA) is 73.0 Å². The minimum atomic E-state index is -0.790. The summed E-state index contributed by atoms with van der Waals surface area (Å²) in [7, 11) is 0. The highest BCUT2D eigenvalue weighted by molar-refractivity contribution is 6.06. The summed E-state index contributed by atoms with van der Waals surface area (Å²) in [4.78, 5) is 42.5. The third-order valence-electron chi connectivity index (χ3n) is 5.92. The van der Waals surface area contributed by atoms with Gasteiger partial charge in [0.2, 0.25) is 0 Å². The summed E-state index contributed by atoms with van der Waals surface area (Å²) in [6.07, 6.45) is 1.56. The molecule has 2 saturated heterocycles. The van der Waals surface area contributed by atoms with Gasteiger partial charge in [0.1, 0.15) is 5.54 Å². The smallest absolute Gasteiger partial charge is 0.326 e. The standard InChI is InChI=1S/C22H32N4O3/c1-16(2)9-10-22(4)20(28)26(21(29)23-22)15-24-11-13-25(14-12-24)19-7-5-18(6-8-19)17(3)27/h5-8,16H,9-15H2,1-4H3,(H,23,29)/t22-/m0/s1. The SMILES string of the molecule is CC(=O)c1ccc(N2CCN(CN3C(=O)N[C@@](C)(CCC(C)C)C3=O)CC2)cc1. The lowest BCUT2D eigenvalue weighted by molar-refractivity contribution is -0.132. The van der Waals surface area contributed by atoms with Gasteiger partial charge < -0.3 is 10.2 Å². The van der Waals surface area contributed by atoms with E-state index in [4.69, 9.17) is 0 Å². The average Bonchev–Trinajstić information content (AvgIpc) is 2.90. The van der Waals surface area contributed by atoms with Crippen LogP contribution in [0, 0.1) is 5.92 Å². The number of nitrogens with one attached hydrogen (secondary N) is 1. The van der Waals surface area contributed by atoms with Gasteiger partial charge in [0.25, 0.3) is 5.91 Å². The minimum absolute atomic E-state index is 0.0651. The van der Waals surface area contributed by atoms with Crippen LogP contribution in [0.4, 0.5) is 10.5 Å². The molecule has 0 radical (unpaired) electrons. The van der Waals surface area contributed by atoms with Crippen molar-refractivity contribution in [3.63, 3.8) is 0 Å². The van der Waals surface area contributed by atoms with E-state index in [-0.39, 0.29) is 17.7 Å². The number of anilines is 1. The number of carbonyl (C=O) groups is 3. The summed E-state index contributed by atoms with van der Waals surface area (Å²) in [6.45, 7) is 11.1. The zero-order chi connectivity index (χ0) is 21.2. The third kappa shape index (κ3) is 4.78. The number of amides is 3. The van der Waals surface area contributed by atoms with Crippen LogP contribution in [0.3, 0.4) is 0 Å².